The molecule has 0 aliphatic carbocycles. The molecule has 1 aliphatic heterocycles. The summed E-state index contributed by atoms with van der Waals surface area (Å²) in [6.45, 7) is 4.97. The number of fused-ring (bicyclic) bond motifs is 1. The highest BCUT2D eigenvalue weighted by Crippen LogP contribution is 2.46. The van der Waals surface area contributed by atoms with Crippen molar-refractivity contribution in [1.82, 2.24) is 24.6 Å². The van der Waals surface area contributed by atoms with Crippen LogP contribution < -0.4 is 20.7 Å². The highest BCUT2D eigenvalue weighted by molar-refractivity contribution is 7.52. The minimum absolute atomic E-state index is 0.0366. The lowest BCUT2D eigenvalue weighted by atomic mass is 10.2. The fraction of sp³-hybridized carbons (Fsp3) is 0.478. The Bertz CT molecular complexity index is 1270. The standard InChI is InChI=1S/C23H32N7O6P/c1-14(2)34-22(31)15(3)29-37(32,36-16-8-6-5-7-9-16)33-12-17-10-11-18(35-17)30-13-26-19-20(25-4)27-23(24)28-21(19)30/h5-9,13-15,17-18H,10-12H2,1-4H3,(H,29,32)(H3,24,25,27,28)/t15-,17+,18-,37-/m1/s1. The molecule has 14 heteroatoms. The average Bonchev–Trinajstić information content (AvgIpc) is 3.49. The summed E-state index contributed by atoms with van der Waals surface area (Å²) in [5, 5.41) is 5.64. The van der Waals surface area contributed by atoms with E-state index in [0.717, 1.165) is 0 Å². The van der Waals surface area contributed by atoms with E-state index < -0.39 is 25.9 Å². The summed E-state index contributed by atoms with van der Waals surface area (Å²) in [6.07, 6.45) is 1.81. The molecule has 3 heterocycles. The van der Waals surface area contributed by atoms with Crippen LogP contribution in [-0.4, -0.2) is 57.4 Å². The zero-order valence-corrected chi connectivity index (χ0v) is 22.1. The van der Waals surface area contributed by atoms with Crippen molar-refractivity contribution in [3.8, 4) is 5.75 Å². The third kappa shape index (κ3) is 6.55. The number of nitrogens with two attached hydrogens (primary N) is 1. The Kier molecular flexibility index (Phi) is 8.28. The minimum atomic E-state index is -3.98. The number of carbonyl (C=O) groups excluding carboxylic acids is 1. The van der Waals surface area contributed by atoms with Crippen LogP contribution in [0.1, 0.15) is 39.8 Å². The monoisotopic (exact) mass is 533 g/mol. The molecule has 3 aromatic rings. The van der Waals surface area contributed by atoms with Crippen LogP contribution in [0.15, 0.2) is 36.7 Å². The molecule has 0 saturated carbocycles. The number of rotatable bonds is 11. The van der Waals surface area contributed by atoms with Gasteiger partial charge in [-0.2, -0.15) is 15.1 Å². The maximum Gasteiger partial charge on any atom is 0.459 e. The van der Waals surface area contributed by atoms with Gasteiger partial charge in [0.15, 0.2) is 17.0 Å². The van der Waals surface area contributed by atoms with Crippen LogP contribution >= 0.6 is 7.75 Å². The number of hydrogen-bond acceptors (Lipinski definition) is 11. The van der Waals surface area contributed by atoms with Gasteiger partial charge in [0.2, 0.25) is 5.95 Å². The lowest BCUT2D eigenvalue weighted by Crippen LogP contribution is -2.36. The molecule has 4 atom stereocenters. The van der Waals surface area contributed by atoms with Crippen LogP contribution in [0, 0.1) is 0 Å². The highest BCUT2D eigenvalue weighted by atomic mass is 31.2. The summed E-state index contributed by atoms with van der Waals surface area (Å²) in [6, 6.07) is 7.65. The van der Waals surface area contributed by atoms with Crippen molar-refractivity contribution in [3.05, 3.63) is 36.7 Å². The number of hydrogen-bond donors (Lipinski definition) is 3. The number of nitrogens with zero attached hydrogens (tertiary/aromatic N) is 4. The van der Waals surface area contributed by atoms with Crippen molar-refractivity contribution in [2.24, 2.45) is 0 Å². The smallest absolute Gasteiger partial charge is 0.459 e. The summed E-state index contributed by atoms with van der Waals surface area (Å²) >= 11 is 0. The van der Waals surface area contributed by atoms with E-state index in [-0.39, 0.29) is 24.9 Å². The zero-order chi connectivity index (χ0) is 26.6. The molecule has 0 spiro atoms. The summed E-state index contributed by atoms with van der Waals surface area (Å²) in [5.74, 6) is 0.401. The first-order valence-corrected chi connectivity index (χ1v) is 13.5. The second kappa shape index (κ2) is 11.4. The SMILES string of the molecule is CNc1nc(N)nc2c1ncn2[C@H]1CC[C@@H](CO[P@](=O)(N[C@H](C)C(=O)OC(C)C)Oc2ccccc2)O1. The molecule has 2 aromatic heterocycles. The first-order valence-electron chi connectivity index (χ1n) is 12.0. The Morgan fingerprint density at radius 2 is 2.00 bits per heavy atom. The van der Waals surface area contributed by atoms with Crippen molar-refractivity contribution in [3.63, 3.8) is 0 Å². The molecule has 0 bridgehead atoms. The van der Waals surface area contributed by atoms with Gasteiger partial charge in [0.25, 0.3) is 0 Å². The number of para-hydroxylation sites is 1. The van der Waals surface area contributed by atoms with Gasteiger partial charge in [0.1, 0.15) is 18.0 Å². The van der Waals surface area contributed by atoms with E-state index in [1.165, 1.54) is 6.92 Å². The van der Waals surface area contributed by atoms with Crippen LogP contribution in [0.4, 0.5) is 11.8 Å². The van der Waals surface area contributed by atoms with E-state index in [1.54, 1.807) is 62.1 Å². The Morgan fingerprint density at radius 3 is 2.70 bits per heavy atom. The number of ether oxygens (including phenoxy) is 2. The van der Waals surface area contributed by atoms with Gasteiger partial charge in [-0.1, -0.05) is 18.2 Å². The van der Waals surface area contributed by atoms with Gasteiger partial charge < -0.3 is 25.0 Å². The van der Waals surface area contributed by atoms with Crippen LogP contribution in [-0.2, 0) is 23.4 Å². The predicted octanol–water partition coefficient (Wildman–Crippen LogP) is 3.26. The first-order chi connectivity index (χ1) is 17.7. The summed E-state index contributed by atoms with van der Waals surface area (Å²) in [5.41, 5.74) is 6.97. The molecular weight excluding hydrogens is 501 g/mol. The topological polar surface area (TPSA) is 165 Å². The molecule has 1 aromatic carbocycles. The molecule has 37 heavy (non-hydrogen) atoms. The third-order valence-corrected chi connectivity index (χ3v) is 7.17. The average molecular weight is 534 g/mol. The highest BCUT2D eigenvalue weighted by Gasteiger charge is 2.36. The van der Waals surface area contributed by atoms with E-state index in [9.17, 15) is 9.36 Å². The molecule has 0 unspecified atom stereocenters. The molecule has 200 valence electrons. The molecule has 1 saturated heterocycles. The maximum absolute atomic E-state index is 13.7. The number of anilines is 2. The normalized spacial score (nSPS) is 20.0. The van der Waals surface area contributed by atoms with E-state index >= 15 is 0 Å². The Morgan fingerprint density at radius 1 is 1.24 bits per heavy atom. The van der Waals surface area contributed by atoms with Crippen LogP contribution in [0.5, 0.6) is 5.75 Å². The summed E-state index contributed by atoms with van der Waals surface area (Å²) < 4.78 is 38.3. The van der Waals surface area contributed by atoms with Crippen molar-refractivity contribution in [2.45, 2.75) is 58.1 Å². The Labute approximate surface area is 214 Å². The van der Waals surface area contributed by atoms with E-state index in [1.807, 2.05) is 0 Å². The number of benzene rings is 1. The zero-order valence-electron chi connectivity index (χ0n) is 21.2. The molecule has 1 aliphatic rings. The van der Waals surface area contributed by atoms with Gasteiger partial charge in [0, 0.05) is 7.05 Å². The van der Waals surface area contributed by atoms with Crippen molar-refractivity contribution in [1.29, 1.82) is 0 Å². The fourth-order valence-corrected chi connectivity index (χ4v) is 5.37. The van der Waals surface area contributed by atoms with Crippen LogP contribution in [0.3, 0.4) is 0 Å². The molecule has 0 amide bonds. The Hall–Kier alpha value is -3.25. The summed E-state index contributed by atoms with van der Waals surface area (Å²) in [7, 11) is -2.25. The fourth-order valence-electron chi connectivity index (χ4n) is 3.85. The molecule has 0 radical (unpaired) electrons. The van der Waals surface area contributed by atoms with Gasteiger partial charge in [-0.05, 0) is 45.7 Å². The van der Waals surface area contributed by atoms with Crippen LogP contribution in [0.2, 0.25) is 0 Å². The number of esters is 1. The molecule has 13 nitrogen and oxygen atoms in total. The number of aromatic nitrogens is 4. The number of imidazole rings is 1. The van der Waals surface area contributed by atoms with E-state index in [2.05, 4.69) is 25.4 Å². The molecule has 1 fully saturated rings. The second-order valence-electron chi connectivity index (χ2n) is 8.83. The molecule has 4 rings (SSSR count). The van der Waals surface area contributed by atoms with Crippen molar-refractivity contribution in [2.75, 3.05) is 24.7 Å². The third-order valence-electron chi connectivity index (χ3n) is 5.53. The van der Waals surface area contributed by atoms with Gasteiger partial charge in [-0.25, -0.2) is 9.55 Å². The van der Waals surface area contributed by atoms with E-state index in [0.29, 0.717) is 35.6 Å². The van der Waals surface area contributed by atoms with Gasteiger partial charge in [-0.3, -0.25) is 13.9 Å². The number of nitrogen functional groups attached to an aromatic ring is 1. The van der Waals surface area contributed by atoms with E-state index in [4.69, 9.17) is 24.3 Å². The largest absolute Gasteiger partial charge is 0.462 e. The molecule has 4 N–H and O–H groups in total. The lowest BCUT2D eigenvalue weighted by Gasteiger charge is -2.24. The van der Waals surface area contributed by atoms with Gasteiger partial charge >= 0.3 is 13.7 Å². The second-order valence-corrected chi connectivity index (χ2v) is 10.5. The first kappa shape index (κ1) is 26.8. The van der Waals surface area contributed by atoms with Gasteiger partial charge in [0.05, 0.1) is 25.1 Å². The lowest BCUT2D eigenvalue weighted by molar-refractivity contribution is -0.149. The van der Waals surface area contributed by atoms with Crippen LogP contribution in [0.25, 0.3) is 11.2 Å². The summed E-state index contributed by atoms with van der Waals surface area (Å²) in [4.78, 5) is 25.2. The quantitative estimate of drug-likeness (QED) is 0.244. The van der Waals surface area contributed by atoms with Crippen molar-refractivity contribution < 1.29 is 27.9 Å². The molecular formula is C23H32N7O6P. The Balaban J connectivity index is 1.45. The number of nitrogens with one attached hydrogen (secondary N) is 2. The van der Waals surface area contributed by atoms with Gasteiger partial charge in [-0.15, -0.1) is 0 Å². The number of carbonyl (C=O) groups is 1. The van der Waals surface area contributed by atoms with Crippen molar-refractivity contribution >= 4 is 36.6 Å². The maximum atomic E-state index is 13.7. The predicted molar refractivity (Wildman–Crippen MR) is 137 cm³/mol. The minimum Gasteiger partial charge on any atom is -0.462 e.